The monoisotopic (exact) mass is 138 g/mol. The lowest BCUT2D eigenvalue weighted by Crippen LogP contribution is -1.80. The van der Waals surface area contributed by atoms with Gasteiger partial charge in [-0.3, -0.25) is 0 Å². The molecule has 0 bridgehead atoms. The normalized spacial score (nSPS) is 8.11. The van der Waals surface area contributed by atoms with Crippen molar-refractivity contribution in [3.63, 3.8) is 0 Å². The average Bonchev–Trinajstić information content (AvgIpc) is 1.77. The zero-order valence-corrected chi connectivity index (χ0v) is 5.60. The zero-order chi connectivity index (χ0) is 5.98. The number of hydrogen-bond donors (Lipinski definition) is 1. The number of benzene rings is 1. The second-order valence-electron chi connectivity index (χ2n) is 1.55. The molecule has 45 valence electrons. The Kier molecular flexibility index (Phi) is 3.17. The first-order valence-corrected chi connectivity index (χ1v) is 2.68. The van der Waals surface area contributed by atoms with Crippen LogP contribution < -0.4 is 5.73 Å². The molecule has 0 saturated carbocycles. The first-order valence-electron chi connectivity index (χ1n) is 2.30. The molecule has 1 aromatic rings. The molecule has 0 atom stereocenters. The van der Waals surface area contributed by atoms with Crippen molar-refractivity contribution in [2.75, 3.05) is 5.73 Å². The fraction of sp³-hybridized carbons (Fsp3) is 0. The molecular weight excluding hydrogens is 132 g/mol. The highest BCUT2D eigenvalue weighted by Crippen LogP contribution is 2.09. The van der Waals surface area contributed by atoms with Crippen LogP contribution in [0.1, 0.15) is 0 Å². The van der Waals surface area contributed by atoms with Gasteiger partial charge in [0.1, 0.15) is 0 Å². The molecule has 0 fully saturated rings. The van der Waals surface area contributed by atoms with Crippen LogP contribution in [0.15, 0.2) is 24.3 Å². The molecule has 0 saturated heterocycles. The predicted molar refractivity (Wildman–Crippen MR) is 41.6 cm³/mol. The van der Waals surface area contributed by atoms with E-state index in [1.165, 1.54) is 0 Å². The Morgan fingerprint density at radius 3 is 1.89 bits per heavy atom. The molecule has 0 unspecified atom stereocenters. The maximum Gasteiger partial charge on any atom is 0.0407 e. The topological polar surface area (TPSA) is 26.0 Å². The van der Waals surface area contributed by atoms with Gasteiger partial charge >= 0.3 is 0 Å². The van der Waals surface area contributed by atoms with Crippen LogP contribution in [0, 0.1) is 0 Å². The van der Waals surface area contributed by atoms with E-state index in [4.69, 9.17) is 17.3 Å². The summed E-state index contributed by atoms with van der Waals surface area (Å²) in [5.74, 6) is 0. The highest BCUT2D eigenvalue weighted by atomic mass is 35.5. The number of anilines is 1. The van der Waals surface area contributed by atoms with Crippen molar-refractivity contribution in [3.8, 4) is 0 Å². The third-order valence-corrected chi connectivity index (χ3v) is 1.12. The number of hydrogen-bond acceptors (Lipinski definition) is 1. The maximum absolute atomic E-state index is 5.56. The fourth-order valence-electron chi connectivity index (χ4n) is 0.463. The van der Waals surface area contributed by atoms with Crippen LogP contribution in [0.5, 0.6) is 0 Å². The van der Waals surface area contributed by atoms with Crippen LogP contribution in [0.3, 0.4) is 0 Å². The number of nitrogen functional groups attached to an aromatic ring is 1. The zero-order valence-electron chi connectivity index (χ0n) is 4.84. The molecule has 1 rings (SSSR count). The van der Waals surface area contributed by atoms with Crippen molar-refractivity contribution in [1.82, 2.24) is 0 Å². The second kappa shape index (κ2) is 3.41. The molecule has 0 aliphatic rings. The van der Waals surface area contributed by atoms with Crippen LogP contribution in [0.4, 0.5) is 5.69 Å². The summed E-state index contributed by atoms with van der Waals surface area (Å²) in [6.45, 7) is 0. The van der Waals surface area contributed by atoms with Crippen molar-refractivity contribution in [2.24, 2.45) is 0 Å². The van der Waals surface area contributed by atoms with E-state index in [1.807, 2.05) is 0 Å². The van der Waals surface area contributed by atoms with E-state index < -0.39 is 0 Å². The van der Waals surface area contributed by atoms with Gasteiger partial charge in [0.25, 0.3) is 0 Å². The predicted octanol–water partition coefficient (Wildman–Crippen LogP) is 1.54. The molecule has 3 radical (unpaired) electrons. The third kappa shape index (κ3) is 2.42. The molecular formula is C6H6BClN. The first-order chi connectivity index (χ1) is 3.79. The lowest BCUT2D eigenvalue weighted by Gasteiger charge is -1.88. The summed E-state index contributed by atoms with van der Waals surface area (Å²) in [6.07, 6.45) is 0. The smallest absolute Gasteiger partial charge is 0.0407 e. The van der Waals surface area contributed by atoms with Gasteiger partial charge in [-0.05, 0) is 24.3 Å². The van der Waals surface area contributed by atoms with Gasteiger partial charge in [0, 0.05) is 19.1 Å². The van der Waals surface area contributed by atoms with E-state index in [9.17, 15) is 0 Å². The number of halogens is 1. The van der Waals surface area contributed by atoms with Crippen LogP contribution in [-0.4, -0.2) is 8.41 Å². The number of nitrogens with two attached hydrogens (primary N) is 1. The maximum atomic E-state index is 5.56. The van der Waals surface area contributed by atoms with Crippen molar-refractivity contribution in [2.45, 2.75) is 0 Å². The van der Waals surface area contributed by atoms with E-state index in [-0.39, 0.29) is 8.41 Å². The quantitative estimate of drug-likeness (QED) is 0.427. The van der Waals surface area contributed by atoms with E-state index in [0.29, 0.717) is 0 Å². The van der Waals surface area contributed by atoms with Gasteiger partial charge in [-0.15, -0.1) is 0 Å². The molecule has 0 heterocycles. The summed E-state index contributed by atoms with van der Waals surface area (Å²) in [5, 5.41) is 0.721. The van der Waals surface area contributed by atoms with Gasteiger partial charge in [0.15, 0.2) is 0 Å². The second-order valence-corrected chi connectivity index (χ2v) is 1.99. The lowest BCUT2D eigenvalue weighted by molar-refractivity contribution is 1.69. The molecule has 1 aromatic carbocycles. The van der Waals surface area contributed by atoms with Crippen molar-refractivity contribution >= 4 is 25.7 Å². The van der Waals surface area contributed by atoms with Gasteiger partial charge in [0.2, 0.25) is 0 Å². The van der Waals surface area contributed by atoms with Crippen molar-refractivity contribution in [3.05, 3.63) is 29.3 Å². The molecule has 0 amide bonds. The molecule has 0 aliphatic heterocycles. The van der Waals surface area contributed by atoms with Gasteiger partial charge in [-0.2, -0.15) is 0 Å². The minimum atomic E-state index is 0. The van der Waals surface area contributed by atoms with Crippen LogP contribution in [0.2, 0.25) is 5.02 Å². The Morgan fingerprint density at radius 1 is 1.11 bits per heavy atom. The Hall–Kier alpha value is -0.625. The van der Waals surface area contributed by atoms with E-state index in [2.05, 4.69) is 0 Å². The molecule has 0 spiro atoms. The summed E-state index contributed by atoms with van der Waals surface area (Å²) in [5.41, 5.74) is 6.11. The standard InChI is InChI=1S/C6H6ClN.B/c7-5-1-3-6(8)4-2-5;/h1-4H,8H2;. The van der Waals surface area contributed by atoms with Crippen molar-refractivity contribution < 1.29 is 0 Å². The largest absolute Gasteiger partial charge is 0.399 e. The van der Waals surface area contributed by atoms with E-state index >= 15 is 0 Å². The molecule has 3 heteroatoms. The Balaban J connectivity index is 0.000000640. The Bertz CT molecular complexity index is 152. The minimum Gasteiger partial charge on any atom is -0.399 e. The Labute approximate surface area is 61.4 Å². The van der Waals surface area contributed by atoms with Gasteiger partial charge in [0.05, 0.1) is 0 Å². The van der Waals surface area contributed by atoms with E-state index in [1.54, 1.807) is 24.3 Å². The lowest BCUT2D eigenvalue weighted by atomic mass is 10.3. The summed E-state index contributed by atoms with van der Waals surface area (Å²) in [4.78, 5) is 0. The third-order valence-electron chi connectivity index (χ3n) is 0.870. The molecule has 0 aliphatic carbocycles. The highest BCUT2D eigenvalue weighted by molar-refractivity contribution is 6.30. The first kappa shape index (κ1) is 8.37. The SMILES string of the molecule is Nc1ccc(Cl)cc1.[B]. The highest BCUT2D eigenvalue weighted by Gasteiger charge is 1.82. The summed E-state index contributed by atoms with van der Waals surface area (Å²) >= 11 is 5.56. The number of rotatable bonds is 0. The summed E-state index contributed by atoms with van der Waals surface area (Å²) in [6, 6.07) is 7.05. The molecule has 1 nitrogen and oxygen atoms in total. The van der Waals surface area contributed by atoms with Gasteiger partial charge in [-0.25, -0.2) is 0 Å². The summed E-state index contributed by atoms with van der Waals surface area (Å²) in [7, 11) is 0. The van der Waals surface area contributed by atoms with Crippen molar-refractivity contribution in [1.29, 1.82) is 0 Å². The van der Waals surface area contributed by atoms with Crippen LogP contribution >= 0.6 is 11.6 Å². The van der Waals surface area contributed by atoms with E-state index in [0.717, 1.165) is 10.7 Å². The van der Waals surface area contributed by atoms with Gasteiger partial charge in [-0.1, -0.05) is 11.6 Å². The summed E-state index contributed by atoms with van der Waals surface area (Å²) < 4.78 is 0. The van der Waals surface area contributed by atoms with Gasteiger partial charge < -0.3 is 5.73 Å². The average molecular weight is 138 g/mol. The Morgan fingerprint density at radius 2 is 1.56 bits per heavy atom. The van der Waals surface area contributed by atoms with Crippen LogP contribution in [-0.2, 0) is 0 Å². The minimum absolute atomic E-state index is 0. The molecule has 0 aromatic heterocycles. The molecule has 9 heavy (non-hydrogen) atoms. The molecule has 2 N–H and O–H groups in total. The van der Waals surface area contributed by atoms with Crippen LogP contribution in [0.25, 0.3) is 0 Å². The fourth-order valence-corrected chi connectivity index (χ4v) is 0.589.